The van der Waals surface area contributed by atoms with Gasteiger partial charge >= 0.3 is 0 Å². The molecule has 1 heterocycles. The second kappa shape index (κ2) is 4.83. The summed E-state index contributed by atoms with van der Waals surface area (Å²) in [5.41, 5.74) is 2.43. The molecule has 1 aliphatic heterocycles. The highest BCUT2D eigenvalue weighted by molar-refractivity contribution is 7.92. The van der Waals surface area contributed by atoms with Crippen molar-refractivity contribution in [3.8, 4) is 5.75 Å². The number of para-hydroxylation sites is 1. The highest BCUT2D eigenvalue weighted by Gasteiger charge is 2.19. The maximum absolute atomic E-state index is 12.4. The lowest BCUT2D eigenvalue weighted by atomic mass is 10.2. The van der Waals surface area contributed by atoms with Crippen molar-refractivity contribution in [3.63, 3.8) is 0 Å². The van der Waals surface area contributed by atoms with Crippen LogP contribution in [0.1, 0.15) is 11.1 Å². The standard InChI is InChI=1S/C15H15NO3S/c1-11-4-2-3-5-14(11)16-20(17,18)13-6-7-15-12(10-13)8-9-19-15/h2-7,10,16H,8-9H2,1H3. The Hall–Kier alpha value is -2.01. The summed E-state index contributed by atoms with van der Waals surface area (Å²) in [5.74, 6) is 0.778. The Morgan fingerprint density at radius 3 is 2.75 bits per heavy atom. The Balaban J connectivity index is 1.94. The smallest absolute Gasteiger partial charge is 0.261 e. The van der Waals surface area contributed by atoms with Gasteiger partial charge in [-0.05, 0) is 42.3 Å². The van der Waals surface area contributed by atoms with Gasteiger partial charge in [0.05, 0.1) is 17.2 Å². The third-order valence-corrected chi connectivity index (χ3v) is 4.72. The van der Waals surface area contributed by atoms with Crippen LogP contribution in [0.25, 0.3) is 0 Å². The Morgan fingerprint density at radius 1 is 1.15 bits per heavy atom. The van der Waals surface area contributed by atoms with Gasteiger partial charge in [-0.2, -0.15) is 0 Å². The molecule has 0 saturated heterocycles. The summed E-state index contributed by atoms with van der Waals surface area (Å²) in [6, 6.07) is 12.3. The Bertz CT molecular complexity index is 753. The van der Waals surface area contributed by atoms with Gasteiger partial charge in [0.25, 0.3) is 10.0 Å². The summed E-state index contributed by atoms with van der Waals surface area (Å²) in [4.78, 5) is 0.269. The van der Waals surface area contributed by atoms with Gasteiger partial charge in [0.1, 0.15) is 5.75 Å². The van der Waals surface area contributed by atoms with E-state index in [0.717, 1.165) is 23.3 Å². The molecule has 0 aromatic heterocycles. The number of benzene rings is 2. The van der Waals surface area contributed by atoms with E-state index in [0.29, 0.717) is 12.3 Å². The van der Waals surface area contributed by atoms with Crippen LogP contribution in [0.5, 0.6) is 5.75 Å². The molecule has 0 radical (unpaired) electrons. The van der Waals surface area contributed by atoms with Crippen molar-refractivity contribution in [2.45, 2.75) is 18.2 Å². The Morgan fingerprint density at radius 2 is 1.95 bits per heavy atom. The van der Waals surface area contributed by atoms with Crippen LogP contribution in [0.3, 0.4) is 0 Å². The minimum atomic E-state index is -3.56. The summed E-state index contributed by atoms with van der Waals surface area (Å²) in [5, 5.41) is 0. The number of hydrogen-bond donors (Lipinski definition) is 1. The first-order valence-electron chi connectivity index (χ1n) is 6.40. The number of hydrogen-bond acceptors (Lipinski definition) is 3. The maximum atomic E-state index is 12.4. The van der Waals surface area contributed by atoms with Crippen molar-refractivity contribution in [3.05, 3.63) is 53.6 Å². The predicted molar refractivity (Wildman–Crippen MR) is 77.6 cm³/mol. The highest BCUT2D eigenvalue weighted by atomic mass is 32.2. The van der Waals surface area contributed by atoms with E-state index < -0.39 is 10.0 Å². The first kappa shape index (κ1) is 13.0. The Kier molecular flexibility index (Phi) is 3.14. The van der Waals surface area contributed by atoms with Gasteiger partial charge in [-0.1, -0.05) is 18.2 Å². The molecule has 3 rings (SSSR count). The molecular formula is C15H15NO3S. The average Bonchev–Trinajstić information content (AvgIpc) is 2.88. The zero-order chi connectivity index (χ0) is 14.2. The number of ether oxygens (including phenoxy) is 1. The van der Waals surface area contributed by atoms with Crippen molar-refractivity contribution in [1.82, 2.24) is 0 Å². The van der Waals surface area contributed by atoms with Gasteiger partial charge in [-0.3, -0.25) is 4.72 Å². The van der Waals surface area contributed by atoms with Crippen LogP contribution in [0, 0.1) is 6.92 Å². The van der Waals surface area contributed by atoms with Gasteiger partial charge in [-0.15, -0.1) is 0 Å². The molecule has 2 aromatic carbocycles. The quantitative estimate of drug-likeness (QED) is 0.945. The summed E-state index contributed by atoms with van der Waals surface area (Å²) in [7, 11) is -3.56. The Labute approximate surface area is 118 Å². The lowest BCUT2D eigenvalue weighted by molar-refractivity contribution is 0.356. The number of rotatable bonds is 3. The molecule has 0 atom stereocenters. The van der Waals surface area contributed by atoms with E-state index >= 15 is 0 Å². The first-order valence-corrected chi connectivity index (χ1v) is 7.89. The van der Waals surface area contributed by atoms with Gasteiger partial charge in [-0.25, -0.2) is 8.42 Å². The summed E-state index contributed by atoms with van der Waals surface area (Å²) < 4.78 is 32.8. The van der Waals surface area contributed by atoms with Crippen LogP contribution < -0.4 is 9.46 Å². The van der Waals surface area contributed by atoms with E-state index in [1.54, 1.807) is 30.3 Å². The fraction of sp³-hybridized carbons (Fsp3) is 0.200. The molecular weight excluding hydrogens is 274 g/mol. The number of sulfonamides is 1. The molecule has 0 fully saturated rings. The van der Waals surface area contributed by atoms with Crippen molar-refractivity contribution in [2.24, 2.45) is 0 Å². The van der Waals surface area contributed by atoms with E-state index in [2.05, 4.69) is 4.72 Å². The van der Waals surface area contributed by atoms with E-state index in [-0.39, 0.29) is 4.90 Å². The average molecular weight is 289 g/mol. The largest absolute Gasteiger partial charge is 0.493 e. The molecule has 0 aliphatic carbocycles. The van der Waals surface area contributed by atoms with Crippen LogP contribution in [-0.4, -0.2) is 15.0 Å². The molecule has 0 unspecified atom stereocenters. The SMILES string of the molecule is Cc1ccccc1NS(=O)(=O)c1ccc2c(c1)CCO2. The molecule has 0 saturated carbocycles. The summed E-state index contributed by atoms with van der Waals surface area (Å²) >= 11 is 0. The van der Waals surface area contributed by atoms with Crippen LogP contribution >= 0.6 is 0 Å². The second-order valence-corrected chi connectivity index (χ2v) is 6.47. The van der Waals surface area contributed by atoms with Crippen LogP contribution in [0.2, 0.25) is 0 Å². The summed E-state index contributed by atoms with van der Waals surface area (Å²) in [6.07, 6.45) is 0.753. The number of anilines is 1. The second-order valence-electron chi connectivity index (χ2n) is 4.79. The fourth-order valence-electron chi connectivity index (χ4n) is 2.22. The van der Waals surface area contributed by atoms with Crippen LogP contribution in [0.4, 0.5) is 5.69 Å². The summed E-state index contributed by atoms with van der Waals surface area (Å²) in [6.45, 7) is 2.48. The van der Waals surface area contributed by atoms with E-state index in [4.69, 9.17) is 4.74 Å². The molecule has 1 N–H and O–H groups in total. The zero-order valence-electron chi connectivity index (χ0n) is 11.1. The third-order valence-electron chi connectivity index (χ3n) is 3.36. The van der Waals surface area contributed by atoms with Crippen molar-refractivity contribution in [1.29, 1.82) is 0 Å². The van der Waals surface area contributed by atoms with Crippen molar-refractivity contribution in [2.75, 3.05) is 11.3 Å². The molecule has 5 heteroatoms. The van der Waals surface area contributed by atoms with Gasteiger partial charge < -0.3 is 4.74 Å². The minimum absolute atomic E-state index is 0.269. The van der Waals surface area contributed by atoms with Gasteiger partial charge in [0.2, 0.25) is 0 Å². The monoisotopic (exact) mass is 289 g/mol. The molecule has 0 amide bonds. The van der Waals surface area contributed by atoms with Crippen molar-refractivity contribution < 1.29 is 13.2 Å². The van der Waals surface area contributed by atoms with Crippen molar-refractivity contribution >= 4 is 15.7 Å². The molecule has 104 valence electrons. The third kappa shape index (κ3) is 2.36. The molecule has 20 heavy (non-hydrogen) atoms. The topological polar surface area (TPSA) is 55.4 Å². The van der Waals surface area contributed by atoms with Crippen LogP contribution in [0.15, 0.2) is 47.4 Å². The van der Waals surface area contributed by atoms with E-state index in [1.807, 2.05) is 19.1 Å². The molecule has 1 aliphatic rings. The molecule has 0 spiro atoms. The predicted octanol–water partition coefficient (Wildman–Crippen LogP) is 2.73. The normalized spacial score (nSPS) is 13.7. The lowest BCUT2D eigenvalue weighted by Crippen LogP contribution is -2.13. The zero-order valence-corrected chi connectivity index (χ0v) is 11.9. The molecule has 4 nitrogen and oxygen atoms in total. The molecule has 0 bridgehead atoms. The van der Waals surface area contributed by atoms with Gasteiger partial charge in [0, 0.05) is 6.42 Å². The first-order chi connectivity index (χ1) is 9.56. The van der Waals surface area contributed by atoms with E-state index in [9.17, 15) is 8.42 Å². The lowest BCUT2D eigenvalue weighted by Gasteiger charge is -2.11. The molecule has 2 aromatic rings. The highest BCUT2D eigenvalue weighted by Crippen LogP contribution is 2.28. The number of nitrogens with one attached hydrogen (secondary N) is 1. The minimum Gasteiger partial charge on any atom is -0.493 e. The number of aryl methyl sites for hydroxylation is 1. The fourth-order valence-corrected chi connectivity index (χ4v) is 3.40. The maximum Gasteiger partial charge on any atom is 0.261 e. The van der Waals surface area contributed by atoms with Crippen LogP contribution in [-0.2, 0) is 16.4 Å². The number of fused-ring (bicyclic) bond motifs is 1. The van der Waals surface area contributed by atoms with E-state index in [1.165, 1.54) is 0 Å². The van der Waals surface area contributed by atoms with Gasteiger partial charge in [0.15, 0.2) is 0 Å².